The van der Waals surface area contributed by atoms with Gasteiger partial charge in [0.05, 0.1) is 8.07 Å². The quantitative estimate of drug-likeness (QED) is 0.351. The van der Waals surface area contributed by atoms with E-state index in [0.29, 0.717) is 0 Å². The first-order chi connectivity index (χ1) is 10.8. The molecule has 0 aromatic carbocycles. The first-order valence-electron chi connectivity index (χ1n) is 8.05. The molecule has 0 radical (unpaired) electrons. The van der Waals surface area contributed by atoms with Crippen LogP contribution >= 0.6 is 11.3 Å². The maximum atomic E-state index is 12.0. The van der Waals surface area contributed by atoms with Gasteiger partial charge in [-0.1, -0.05) is 45.0 Å². The van der Waals surface area contributed by atoms with E-state index in [1.165, 1.54) is 22.6 Å². The van der Waals surface area contributed by atoms with Crippen molar-refractivity contribution < 1.29 is 19.1 Å². The molecule has 1 aliphatic heterocycles. The van der Waals surface area contributed by atoms with Crippen LogP contribution in [0.25, 0.3) is 6.08 Å². The lowest BCUT2D eigenvalue weighted by Crippen LogP contribution is -2.43. The lowest BCUT2D eigenvalue weighted by molar-refractivity contribution is -0.222. The minimum absolute atomic E-state index is 0.0329. The number of rotatable bonds is 5. The van der Waals surface area contributed by atoms with E-state index in [0.717, 1.165) is 4.88 Å². The molecule has 23 heavy (non-hydrogen) atoms. The molecule has 0 unspecified atom stereocenters. The van der Waals surface area contributed by atoms with Crippen LogP contribution in [0.2, 0.25) is 18.1 Å². The molecule has 0 bridgehead atoms. The second kappa shape index (κ2) is 6.61. The van der Waals surface area contributed by atoms with Crippen molar-refractivity contribution in [3.8, 4) is 0 Å². The highest BCUT2D eigenvalue weighted by Crippen LogP contribution is 2.27. The molecule has 1 aliphatic rings. The lowest BCUT2D eigenvalue weighted by atomic mass is 10.2. The average molecular weight is 353 g/mol. The molecule has 4 nitrogen and oxygen atoms in total. The molecule has 126 valence electrons. The summed E-state index contributed by atoms with van der Waals surface area (Å²) < 4.78 is 11.7. The summed E-state index contributed by atoms with van der Waals surface area (Å²) in [7, 11) is -1.44. The SMILES string of the molecule is CC[Si](CC)(CC)c1ccc(C=C2C(=O)OC(C)(C)OC2=O)s1. The van der Waals surface area contributed by atoms with Gasteiger partial charge in [-0.25, -0.2) is 9.59 Å². The Morgan fingerprint density at radius 3 is 2.04 bits per heavy atom. The average Bonchev–Trinajstić information content (AvgIpc) is 2.94. The van der Waals surface area contributed by atoms with Gasteiger partial charge in [0.2, 0.25) is 0 Å². The molecular weight excluding hydrogens is 328 g/mol. The van der Waals surface area contributed by atoms with E-state index in [4.69, 9.17) is 9.47 Å². The van der Waals surface area contributed by atoms with Gasteiger partial charge in [-0.05, 0) is 16.6 Å². The van der Waals surface area contributed by atoms with Crippen molar-refractivity contribution in [3.05, 3.63) is 22.6 Å². The van der Waals surface area contributed by atoms with Crippen molar-refractivity contribution >= 4 is 41.9 Å². The maximum absolute atomic E-state index is 12.0. The summed E-state index contributed by atoms with van der Waals surface area (Å²) >= 11 is 1.68. The summed E-state index contributed by atoms with van der Waals surface area (Å²) in [6.07, 6.45) is 1.59. The Bertz CT molecular complexity index is 611. The van der Waals surface area contributed by atoms with E-state index < -0.39 is 25.8 Å². The second-order valence-electron chi connectivity index (χ2n) is 6.28. The fourth-order valence-electron chi connectivity index (χ4n) is 2.91. The number of thiophene rings is 1. The predicted octanol–water partition coefficient (Wildman–Crippen LogP) is 3.68. The van der Waals surface area contributed by atoms with Crippen LogP contribution in [0.1, 0.15) is 39.5 Å². The van der Waals surface area contributed by atoms with Crippen molar-refractivity contribution in [2.45, 2.75) is 58.5 Å². The molecule has 2 heterocycles. The summed E-state index contributed by atoms with van der Waals surface area (Å²) in [6, 6.07) is 7.75. The van der Waals surface area contributed by atoms with Gasteiger partial charge in [0.1, 0.15) is 5.57 Å². The Hall–Kier alpha value is -1.40. The van der Waals surface area contributed by atoms with Crippen LogP contribution < -0.4 is 4.50 Å². The fourth-order valence-corrected chi connectivity index (χ4v) is 9.11. The van der Waals surface area contributed by atoms with Gasteiger partial charge < -0.3 is 9.47 Å². The van der Waals surface area contributed by atoms with Gasteiger partial charge in [-0.2, -0.15) is 0 Å². The zero-order valence-electron chi connectivity index (χ0n) is 14.4. The van der Waals surface area contributed by atoms with E-state index in [1.54, 1.807) is 31.3 Å². The molecule has 0 N–H and O–H groups in total. The Kier molecular flexibility index (Phi) is 5.16. The van der Waals surface area contributed by atoms with Crippen molar-refractivity contribution in [2.75, 3.05) is 0 Å². The highest BCUT2D eigenvalue weighted by molar-refractivity contribution is 7.27. The highest BCUT2D eigenvalue weighted by atomic mass is 32.1. The van der Waals surface area contributed by atoms with Crippen LogP contribution in [0.3, 0.4) is 0 Å². The van der Waals surface area contributed by atoms with Gasteiger partial charge in [0.25, 0.3) is 5.79 Å². The number of hydrogen-bond acceptors (Lipinski definition) is 5. The minimum Gasteiger partial charge on any atom is -0.419 e. The van der Waals surface area contributed by atoms with Crippen LogP contribution in [0.5, 0.6) is 0 Å². The fraction of sp³-hybridized carbons (Fsp3) is 0.529. The van der Waals surface area contributed by atoms with E-state index in [1.807, 2.05) is 6.07 Å². The highest BCUT2D eigenvalue weighted by Gasteiger charge is 2.39. The van der Waals surface area contributed by atoms with Crippen LogP contribution in [0.4, 0.5) is 0 Å². The molecule has 0 atom stereocenters. The molecule has 0 spiro atoms. The van der Waals surface area contributed by atoms with Crippen LogP contribution in [0, 0.1) is 0 Å². The van der Waals surface area contributed by atoms with E-state index in [2.05, 4.69) is 26.8 Å². The summed E-state index contributed by atoms with van der Waals surface area (Å²) in [6.45, 7) is 9.87. The molecule has 0 amide bonds. The maximum Gasteiger partial charge on any atom is 0.348 e. The second-order valence-corrected chi connectivity index (χ2v) is 13.0. The minimum atomic E-state index is -1.44. The summed E-state index contributed by atoms with van der Waals surface area (Å²) in [4.78, 5) is 24.9. The molecule has 2 rings (SSSR count). The Morgan fingerprint density at radius 2 is 1.57 bits per heavy atom. The Balaban J connectivity index is 2.31. The first-order valence-corrected chi connectivity index (χ1v) is 11.5. The zero-order chi connectivity index (χ0) is 17.3. The van der Waals surface area contributed by atoms with Crippen LogP contribution in [0.15, 0.2) is 17.7 Å². The molecule has 1 saturated heterocycles. The monoisotopic (exact) mass is 352 g/mol. The molecule has 1 aromatic rings. The van der Waals surface area contributed by atoms with Gasteiger partial charge in [0, 0.05) is 18.7 Å². The Morgan fingerprint density at radius 1 is 1.04 bits per heavy atom. The van der Waals surface area contributed by atoms with E-state index in [-0.39, 0.29) is 5.57 Å². The van der Waals surface area contributed by atoms with Crippen LogP contribution in [-0.2, 0) is 19.1 Å². The summed E-state index contributed by atoms with van der Waals surface area (Å²) in [5.74, 6) is -2.43. The molecule has 1 fully saturated rings. The van der Waals surface area contributed by atoms with Crippen LogP contribution in [-0.4, -0.2) is 25.8 Å². The van der Waals surface area contributed by atoms with Gasteiger partial charge in [-0.15, -0.1) is 11.3 Å². The van der Waals surface area contributed by atoms with Crippen molar-refractivity contribution in [2.24, 2.45) is 0 Å². The summed E-state index contributed by atoms with van der Waals surface area (Å²) in [5.41, 5.74) is -0.0329. The normalized spacial score (nSPS) is 17.7. The van der Waals surface area contributed by atoms with E-state index >= 15 is 0 Å². The Labute approximate surface area is 142 Å². The topological polar surface area (TPSA) is 52.6 Å². The number of ether oxygens (including phenoxy) is 2. The van der Waals surface area contributed by atoms with Crippen molar-refractivity contribution in [3.63, 3.8) is 0 Å². The van der Waals surface area contributed by atoms with Gasteiger partial charge >= 0.3 is 11.9 Å². The van der Waals surface area contributed by atoms with Crippen molar-refractivity contribution in [1.82, 2.24) is 0 Å². The number of carbonyl (C=O) groups is 2. The molecule has 6 heteroatoms. The number of hydrogen-bond donors (Lipinski definition) is 0. The third-order valence-corrected chi connectivity index (χ3v) is 12.3. The molecule has 1 aromatic heterocycles. The zero-order valence-corrected chi connectivity index (χ0v) is 16.2. The smallest absolute Gasteiger partial charge is 0.348 e. The molecule has 0 aliphatic carbocycles. The largest absolute Gasteiger partial charge is 0.419 e. The van der Waals surface area contributed by atoms with Gasteiger partial charge in [-0.3, -0.25) is 0 Å². The van der Waals surface area contributed by atoms with Crippen molar-refractivity contribution in [1.29, 1.82) is 0 Å². The third kappa shape index (κ3) is 3.58. The molecule has 0 saturated carbocycles. The number of carbonyl (C=O) groups excluding carboxylic acids is 2. The molecular formula is C17H24O4SSi. The number of esters is 2. The van der Waals surface area contributed by atoms with E-state index in [9.17, 15) is 9.59 Å². The predicted molar refractivity (Wildman–Crippen MR) is 95.4 cm³/mol. The first kappa shape index (κ1) is 17.9. The third-order valence-electron chi connectivity index (χ3n) is 4.58. The standard InChI is InChI=1S/C17H24O4SSi/c1-6-23(7-2,8-3)14-10-9-12(22-14)11-13-15(18)20-17(4,5)21-16(13)19/h9-11H,6-8H2,1-5H3. The lowest BCUT2D eigenvalue weighted by Gasteiger charge is -2.29. The number of cyclic esters (lactones) is 2. The summed E-state index contributed by atoms with van der Waals surface area (Å²) in [5, 5.41) is 0. The van der Waals surface area contributed by atoms with Gasteiger partial charge in [0.15, 0.2) is 0 Å².